The lowest BCUT2D eigenvalue weighted by Gasteiger charge is -2.17. The predicted molar refractivity (Wildman–Crippen MR) is 74.8 cm³/mol. The first-order chi connectivity index (χ1) is 9.86. The van der Waals surface area contributed by atoms with Gasteiger partial charge in [0.15, 0.2) is 5.75 Å². The van der Waals surface area contributed by atoms with Gasteiger partial charge in [-0.3, -0.25) is 4.79 Å². The van der Waals surface area contributed by atoms with Crippen molar-refractivity contribution < 1.29 is 23.8 Å². The van der Waals surface area contributed by atoms with Crippen molar-refractivity contribution in [1.82, 2.24) is 4.98 Å². The van der Waals surface area contributed by atoms with Crippen molar-refractivity contribution in [2.24, 2.45) is 5.41 Å². The maximum Gasteiger partial charge on any atom is 0.338 e. The van der Waals surface area contributed by atoms with E-state index in [0.717, 1.165) is 0 Å². The average Bonchev–Trinajstić information content (AvgIpc) is 2.44. The molecule has 21 heavy (non-hydrogen) atoms. The fourth-order valence-corrected chi connectivity index (χ4v) is 1.48. The highest BCUT2D eigenvalue weighted by molar-refractivity contribution is 5.96. The Hall–Kier alpha value is -2.37. The van der Waals surface area contributed by atoms with Crippen molar-refractivity contribution in [2.45, 2.75) is 20.8 Å². The Labute approximate surface area is 122 Å². The van der Waals surface area contributed by atoms with Crippen LogP contribution in [0.25, 0.3) is 6.08 Å². The molecule has 1 aliphatic heterocycles. The lowest BCUT2D eigenvalue weighted by molar-refractivity contribution is -0.162. The number of pyridine rings is 1. The number of fused-ring (bicyclic) bond motifs is 1. The van der Waals surface area contributed by atoms with E-state index in [4.69, 9.17) is 14.2 Å². The number of aromatic nitrogens is 1. The van der Waals surface area contributed by atoms with Gasteiger partial charge in [-0.2, -0.15) is 0 Å². The fourth-order valence-electron chi connectivity index (χ4n) is 1.48. The van der Waals surface area contributed by atoms with Gasteiger partial charge in [0.2, 0.25) is 0 Å². The van der Waals surface area contributed by atoms with Gasteiger partial charge in [-0.1, -0.05) is 0 Å². The number of esters is 2. The molecule has 2 heterocycles. The highest BCUT2D eigenvalue weighted by Crippen LogP contribution is 2.28. The minimum atomic E-state index is -0.720. The van der Waals surface area contributed by atoms with Crippen LogP contribution in [0.1, 0.15) is 26.3 Å². The van der Waals surface area contributed by atoms with Crippen molar-refractivity contribution >= 4 is 18.0 Å². The zero-order chi connectivity index (χ0) is 15.5. The molecule has 1 aromatic heterocycles. The third-order valence-corrected chi connectivity index (χ3v) is 2.64. The molecule has 0 fully saturated rings. The monoisotopic (exact) mass is 291 g/mol. The van der Waals surface area contributed by atoms with Gasteiger partial charge in [0.05, 0.1) is 5.41 Å². The first-order valence-electron chi connectivity index (χ1n) is 6.56. The van der Waals surface area contributed by atoms with E-state index in [0.29, 0.717) is 30.4 Å². The van der Waals surface area contributed by atoms with Gasteiger partial charge in [0.25, 0.3) is 5.88 Å². The summed E-state index contributed by atoms with van der Waals surface area (Å²) in [6.45, 7) is 5.96. The maximum atomic E-state index is 11.6. The number of carbonyl (C=O) groups is 2. The summed E-state index contributed by atoms with van der Waals surface area (Å²) in [4.78, 5) is 27.2. The van der Waals surface area contributed by atoms with Gasteiger partial charge in [0, 0.05) is 12.3 Å². The van der Waals surface area contributed by atoms with Crippen molar-refractivity contribution in [3.05, 3.63) is 23.9 Å². The van der Waals surface area contributed by atoms with E-state index in [1.54, 1.807) is 33.0 Å². The van der Waals surface area contributed by atoms with Crippen molar-refractivity contribution in [3.8, 4) is 11.6 Å². The largest absolute Gasteiger partial charge is 0.484 e. The molecule has 2 rings (SSSR count). The predicted octanol–water partition coefficient (Wildman–Crippen LogP) is 1.98. The molecule has 1 aromatic rings. The topological polar surface area (TPSA) is 74.7 Å². The summed E-state index contributed by atoms with van der Waals surface area (Å²) < 4.78 is 15.4. The fraction of sp³-hybridized carbons (Fsp3) is 0.400. The second-order valence-corrected chi connectivity index (χ2v) is 5.56. The highest BCUT2D eigenvalue weighted by atomic mass is 16.6. The number of hydrogen-bond acceptors (Lipinski definition) is 6. The molecule has 6 nitrogen and oxygen atoms in total. The van der Waals surface area contributed by atoms with Crippen LogP contribution < -0.4 is 9.47 Å². The third-order valence-electron chi connectivity index (χ3n) is 2.64. The molecule has 0 atom stereocenters. The molecule has 0 unspecified atom stereocenters. The minimum Gasteiger partial charge on any atom is -0.484 e. The van der Waals surface area contributed by atoms with Gasteiger partial charge in [0.1, 0.15) is 13.2 Å². The van der Waals surface area contributed by atoms with Crippen LogP contribution in [0, 0.1) is 5.41 Å². The van der Waals surface area contributed by atoms with Gasteiger partial charge >= 0.3 is 11.9 Å². The summed E-state index contributed by atoms with van der Waals surface area (Å²) in [5, 5.41) is 0. The highest BCUT2D eigenvalue weighted by Gasteiger charge is 2.24. The van der Waals surface area contributed by atoms with Crippen LogP contribution in [-0.4, -0.2) is 30.1 Å². The molecule has 0 saturated heterocycles. The molecule has 0 N–H and O–H groups in total. The zero-order valence-electron chi connectivity index (χ0n) is 12.2. The van der Waals surface area contributed by atoms with Crippen molar-refractivity contribution in [1.29, 1.82) is 0 Å². The summed E-state index contributed by atoms with van der Waals surface area (Å²) in [7, 11) is 0. The summed E-state index contributed by atoms with van der Waals surface area (Å²) in [6, 6.07) is 1.71. The molecule has 0 spiro atoms. The number of ether oxygens (including phenoxy) is 3. The molecule has 0 amide bonds. The molecular weight excluding hydrogens is 274 g/mol. The summed E-state index contributed by atoms with van der Waals surface area (Å²) in [5.41, 5.74) is -0.0680. The Morgan fingerprint density at radius 3 is 2.71 bits per heavy atom. The normalized spacial score (nSPS) is 14.0. The van der Waals surface area contributed by atoms with Gasteiger partial charge < -0.3 is 14.2 Å². The van der Waals surface area contributed by atoms with Crippen LogP contribution >= 0.6 is 0 Å². The Kier molecular flexibility index (Phi) is 4.26. The van der Waals surface area contributed by atoms with Crippen LogP contribution in [-0.2, 0) is 14.3 Å². The first kappa shape index (κ1) is 15.0. The van der Waals surface area contributed by atoms with Gasteiger partial charge in [-0.15, -0.1) is 0 Å². The lowest BCUT2D eigenvalue weighted by atomic mass is 9.97. The molecule has 1 aliphatic rings. The van der Waals surface area contributed by atoms with Crippen LogP contribution in [0.3, 0.4) is 0 Å². The Balaban J connectivity index is 2.01. The number of carbonyl (C=O) groups excluding carboxylic acids is 2. The molecule has 0 radical (unpaired) electrons. The van der Waals surface area contributed by atoms with Gasteiger partial charge in [-0.25, -0.2) is 9.78 Å². The van der Waals surface area contributed by atoms with Crippen LogP contribution in [0.15, 0.2) is 18.3 Å². The van der Waals surface area contributed by atoms with E-state index < -0.39 is 17.4 Å². The van der Waals surface area contributed by atoms with Crippen LogP contribution in [0.2, 0.25) is 0 Å². The van der Waals surface area contributed by atoms with Gasteiger partial charge in [-0.05, 0) is 38.5 Å². The average molecular weight is 291 g/mol. The first-order valence-corrected chi connectivity index (χ1v) is 6.56. The van der Waals surface area contributed by atoms with Crippen LogP contribution in [0.4, 0.5) is 0 Å². The molecule has 0 saturated carbocycles. The number of hydrogen-bond donors (Lipinski definition) is 0. The van der Waals surface area contributed by atoms with Crippen LogP contribution in [0.5, 0.6) is 11.6 Å². The summed E-state index contributed by atoms with van der Waals surface area (Å²) >= 11 is 0. The third kappa shape index (κ3) is 4.05. The van der Waals surface area contributed by atoms with Crippen molar-refractivity contribution in [3.63, 3.8) is 0 Å². The smallest absolute Gasteiger partial charge is 0.338 e. The molecule has 0 aromatic carbocycles. The Morgan fingerprint density at radius 2 is 2.00 bits per heavy atom. The molecule has 112 valence electrons. The Morgan fingerprint density at radius 1 is 1.29 bits per heavy atom. The quantitative estimate of drug-likeness (QED) is 0.471. The summed E-state index contributed by atoms with van der Waals surface area (Å²) in [6.07, 6.45) is 4.23. The standard InChI is InChI=1S/C15H17NO5/c1-15(2,3)14(18)21-12(17)5-4-10-8-11-13(16-9-10)20-7-6-19-11/h4-5,8-9H,6-7H2,1-3H3/b5-4+. The van der Waals surface area contributed by atoms with E-state index in [-0.39, 0.29) is 0 Å². The Bertz CT molecular complexity index is 586. The van der Waals surface area contributed by atoms with E-state index in [1.165, 1.54) is 12.2 Å². The lowest BCUT2D eigenvalue weighted by Crippen LogP contribution is -2.25. The second kappa shape index (κ2) is 5.95. The van der Waals surface area contributed by atoms with E-state index in [9.17, 15) is 9.59 Å². The molecule has 0 aliphatic carbocycles. The number of nitrogens with zero attached hydrogens (tertiary/aromatic N) is 1. The minimum absolute atomic E-state index is 0.434. The second-order valence-electron chi connectivity index (χ2n) is 5.56. The molecule has 0 bridgehead atoms. The number of rotatable bonds is 2. The van der Waals surface area contributed by atoms with Crippen molar-refractivity contribution in [2.75, 3.05) is 13.2 Å². The SMILES string of the molecule is CC(C)(C)C(=O)OC(=O)/C=C/c1cnc2c(c1)OCCO2. The van der Waals surface area contributed by atoms with E-state index >= 15 is 0 Å². The summed E-state index contributed by atoms with van der Waals surface area (Å²) in [5.74, 6) is -0.325. The molecule has 6 heteroatoms. The van der Waals surface area contributed by atoms with E-state index in [1.807, 2.05) is 0 Å². The zero-order valence-corrected chi connectivity index (χ0v) is 12.2. The molecular formula is C15H17NO5. The van der Waals surface area contributed by atoms with E-state index in [2.05, 4.69) is 4.98 Å². The maximum absolute atomic E-state index is 11.6.